The van der Waals surface area contributed by atoms with Gasteiger partial charge in [0.2, 0.25) is 0 Å². The molecule has 1 rings (SSSR count). The maximum absolute atomic E-state index is 8.70. The Morgan fingerprint density at radius 2 is 2.33 bits per heavy atom. The summed E-state index contributed by atoms with van der Waals surface area (Å²) >= 11 is 3.31. The van der Waals surface area contributed by atoms with Gasteiger partial charge in [-0.2, -0.15) is 5.26 Å². The molecule has 62 valence electrons. The molecular weight excluding hydrogens is 218 g/mol. The Balaban J connectivity index is 3.13. The largest absolute Gasteiger partial charge is 0.497 e. The number of nitrogens with zero attached hydrogens (tertiary/aromatic N) is 1. The summed E-state index contributed by atoms with van der Waals surface area (Å²) in [6.07, 6.45) is 0. The van der Waals surface area contributed by atoms with Crippen molar-refractivity contribution in [3.8, 4) is 11.8 Å². The lowest BCUT2D eigenvalue weighted by atomic mass is 10.1. The third kappa shape index (κ3) is 1.77. The first-order valence-electron chi connectivity index (χ1n) is 3.44. The quantitative estimate of drug-likeness (QED) is 0.725. The lowest BCUT2D eigenvalue weighted by molar-refractivity contribution is 0.414. The minimum absolute atomic E-state index is 0.674. The molecule has 0 aliphatic heterocycles. The van der Waals surface area contributed by atoms with Gasteiger partial charge in [0, 0.05) is 5.33 Å². The number of methoxy groups -OCH3 is 1. The standard InChI is InChI=1S/C9H8BrNO/c1-12-9-3-2-7(6-11)8(4-9)5-10/h2-4H,5H2,1H3. The highest BCUT2D eigenvalue weighted by Crippen LogP contribution is 2.18. The number of rotatable bonds is 2. The van der Waals surface area contributed by atoms with Crippen LogP contribution in [-0.4, -0.2) is 7.11 Å². The summed E-state index contributed by atoms with van der Waals surface area (Å²) in [5, 5.41) is 9.38. The molecule has 0 bridgehead atoms. The van der Waals surface area contributed by atoms with Gasteiger partial charge in [0.05, 0.1) is 18.7 Å². The van der Waals surface area contributed by atoms with Gasteiger partial charge < -0.3 is 4.74 Å². The Bertz CT molecular complexity index is 317. The molecule has 0 unspecified atom stereocenters. The predicted octanol–water partition coefficient (Wildman–Crippen LogP) is 2.46. The Hall–Kier alpha value is -1.01. The number of benzene rings is 1. The van der Waals surface area contributed by atoms with E-state index in [0.29, 0.717) is 10.9 Å². The summed E-state index contributed by atoms with van der Waals surface area (Å²) in [5.74, 6) is 0.781. The first kappa shape index (κ1) is 9.08. The van der Waals surface area contributed by atoms with E-state index in [1.807, 2.05) is 6.07 Å². The normalized spacial score (nSPS) is 9.08. The molecular formula is C9H8BrNO. The van der Waals surface area contributed by atoms with E-state index in [0.717, 1.165) is 11.3 Å². The molecule has 3 heteroatoms. The van der Waals surface area contributed by atoms with Crippen LogP contribution in [0.15, 0.2) is 18.2 Å². The molecule has 12 heavy (non-hydrogen) atoms. The van der Waals surface area contributed by atoms with Crippen LogP contribution in [0.2, 0.25) is 0 Å². The van der Waals surface area contributed by atoms with Gasteiger partial charge in [-0.05, 0) is 23.8 Å². The number of nitriles is 1. The van der Waals surface area contributed by atoms with Crippen molar-refractivity contribution < 1.29 is 4.74 Å². The van der Waals surface area contributed by atoms with Crippen molar-refractivity contribution in [2.45, 2.75) is 5.33 Å². The Morgan fingerprint density at radius 1 is 1.58 bits per heavy atom. The number of hydrogen-bond acceptors (Lipinski definition) is 2. The van der Waals surface area contributed by atoms with Crippen molar-refractivity contribution in [3.05, 3.63) is 29.3 Å². The molecule has 0 fully saturated rings. The van der Waals surface area contributed by atoms with Gasteiger partial charge in [0.1, 0.15) is 5.75 Å². The molecule has 0 aliphatic carbocycles. The fourth-order valence-electron chi connectivity index (χ4n) is 0.917. The third-order valence-electron chi connectivity index (χ3n) is 1.58. The molecule has 0 atom stereocenters. The number of hydrogen-bond donors (Lipinski definition) is 0. The van der Waals surface area contributed by atoms with E-state index in [4.69, 9.17) is 10.00 Å². The second kappa shape index (κ2) is 4.13. The van der Waals surface area contributed by atoms with Crippen molar-refractivity contribution in [1.29, 1.82) is 5.26 Å². The van der Waals surface area contributed by atoms with E-state index < -0.39 is 0 Å². The highest BCUT2D eigenvalue weighted by molar-refractivity contribution is 9.08. The zero-order valence-corrected chi connectivity index (χ0v) is 8.26. The van der Waals surface area contributed by atoms with Gasteiger partial charge >= 0.3 is 0 Å². The lowest BCUT2D eigenvalue weighted by Crippen LogP contribution is -1.88. The van der Waals surface area contributed by atoms with Crippen molar-refractivity contribution in [3.63, 3.8) is 0 Å². The van der Waals surface area contributed by atoms with Crippen molar-refractivity contribution >= 4 is 15.9 Å². The molecule has 0 aliphatic rings. The van der Waals surface area contributed by atoms with Gasteiger partial charge in [0.15, 0.2) is 0 Å². The molecule has 1 aromatic carbocycles. The summed E-state index contributed by atoms with van der Waals surface area (Å²) in [4.78, 5) is 0. The summed E-state index contributed by atoms with van der Waals surface area (Å²) in [6, 6.07) is 7.51. The fourth-order valence-corrected chi connectivity index (χ4v) is 1.38. The van der Waals surface area contributed by atoms with Crippen molar-refractivity contribution in [2.24, 2.45) is 0 Å². The van der Waals surface area contributed by atoms with Crippen LogP contribution in [0, 0.1) is 11.3 Å². The van der Waals surface area contributed by atoms with Crippen molar-refractivity contribution in [1.82, 2.24) is 0 Å². The van der Waals surface area contributed by atoms with Crippen LogP contribution in [-0.2, 0) is 5.33 Å². The van der Waals surface area contributed by atoms with Crippen LogP contribution in [0.1, 0.15) is 11.1 Å². The van der Waals surface area contributed by atoms with Crippen LogP contribution in [0.5, 0.6) is 5.75 Å². The molecule has 0 saturated carbocycles. The number of halogens is 1. The van der Waals surface area contributed by atoms with E-state index in [9.17, 15) is 0 Å². The van der Waals surface area contributed by atoms with E-state index in [1.54, 1.807) is 19.2 Å². The summed E-state index contributed by atoms with van der Waals surface area (Å²) in [6.45, 7) is 0. The second-order valence-corrected chi connectivity index (χ2v) is 2.83. The van der Waals surface area contributed by atoms with Crippen LogP contribution < -0.4 is 4.74 Å². The van der Waals surface area contributed by atoms with E-state index in [-0.39, 0.29) is 0 Å². The first-order valence-corrected chi connectivity index (χ1v) is 4.57. The average Bonchev–Trinajstić information content (AvgIpc) is 2.16. The maximum atomic E-state index is 8.70. The minimum Gasteiger partial charge on any atom is -0.497 e. The summed E-state index contributed by atoms with van der Waals surface area (Å²) in [5.41, 5.74) is 1.64. The zero-order valence-electron chi connectivity index (χ0n) is 6.67. The monoisotopic (exact) mass is 225 g/mol. The predicted molar refractivity (Wildman–Crippen MR) is 50.3 cm³/mol. The van der Waals surface area contributed by atoms with Gasteiger partial charge in [-0.1, -0.05) is 15.9 Å². The second-order valence-electron chi connectivity index (χ2n) is 2.27. The molecule has 0 spiro atoms. The van der Waals surface area contributed by atoms with Crippen LogP contribution in [0.25, 0.3) is 0 Å². The maximum Gasteiger partial charge on any atom is 0.119 e. The lowest BCUT2D eigenvalue weighted by Gasteiger charge is -2.02. The van der Waals surface area contributed by atoms with Crippen LogP contribution in [0.4, 0.5) is 0 Å². The molecule has 2 nitrogen and oxygen atoms in total. The smallest absolute Gasteiger partial charge is 0.119 e. The Morgan fingerprint density at radius 3 is 2.83 bits per heavy atom. The highest BCUT2D eigenvalue weighted by Gasteiger charge is 2.01. The molecule has 0 amide bonds. The topological polar surface area (TPSA) is 33.0 Å². The molecule has 0 aromatic heterocycles. The average molecular weight is 226 g/mol. The van der Waals surface area contributed by atoms with Gasteiger partial charge in [0.25, 0.3) is 0 Å². The van der Waals surface area contributed by atoms with Crippen LogP contribution >= 0.6 is 15.9 Å². The SMILES string of the molecule is COc1ccc(C#N)c(CBr)c1. The van der Waals surface area contributed by atoms with E-state index in [2.05, 4.69) is 22.0 Å². The molecule has 0 N–H and O–H groups in total. The van der Waals surface area contributed by atoms with E-state index >= 15 is 0 Å². The highest BCUT2D eigenvalue weighted by atomic mass is 79.9. The third-order valence-corrected chi connectivity index (χ3v) is 2.18. The van der Waals surface area contributed by atoms with Gasteiger partial charge in [-0.25, -0.2) is 0 Å². The molecule has 1 aromatic rings. The zero-order chi connectivity index (χ0) is 8.97. The first-order chi connectivity index (χ1) is 5.81. The molecule has 0 heterocycles. The van der Waals surface area contributed by atoms with E-state index in [1.165, 1.54) is 0 Å². The summed E-state index contributed by atoms with van der Waals surface area (Å²) in [7, 11) is 1.61. The van der Waals surface area contributed by atoms with Crippen molar-refractivity contribution in [2.75, 3.05) is 7.11 Å². The fraction of sp³-hybridized carbons (Fsp3) is 0.222. The number of ether oxygens (including phenoxy) is 1. The molecule has 0 saturated heterocycles. The molecule has 0 radical (unpaired) electrons. The van der Waals surface area contributed by atoms with Crippen LogP contribution in [0.3, 0.4) is 0 Å². The van der Waals surface area contributed by atoms with Gasteiger partial charge in [-0.3, -0.25) is 0 Å². The Kier molecular flexibility index (Phi) is 3.12. The van der Waals surface area contributed by atoms with Gasteiger partial charge in [-0.15, -0.1) is 0 Å². The Labute approximate surface area is 79.9 Å². The number of alkyl halides is 1. The summed E-state index contributed by atoms with van der Waals surface area (Å²) < 4.78 is 5.03. The minimum atomic E-state index is 0.674.